The second-order valence-electron chi connectivity index (χ2n) is 7.16. The Bertz CT molecular complexity index is 936. The van der Waals surface area contributed by atoms with E-state index in [4.69, 9.17) is 33.2 Å². The topological polar surface area (TPSA) is 81.7 Å². The van der Waals surface area contributed by atoms with Crippen LogP contribution < -0.4 is 14.2 Å². The number of allylic oxidation sites excluding steroid dienone is 1. The Morgan fingerprint density at radius 1 is 0.879 bits per heavy atom. The summed E-state index contributed by atoms with van der Waals surface area (Å²) in [7, 11) is 3.19. The number of methoxy groups -OCH3 is 2. The molecular weight excluding hydrogens is 428 g/mol. The summed E-state index contributed by atoms with van der Waals surface area (Å²) in [4.78, 5) is 13.1. The minimum atomic E-state index is -0.264. The summed E-state index contributed by atoms with van der Waals surface area (Å²) >= 11 is 0. The van der Waals surface area contributed by atoms with E-state index in [2.05, 4.69) is 6.92 Å². The lowest BCUT2D eigenvalue weighted by Crippen LogP contribution is -2.10. The summed E-state index contributed by atoms with van der Waals surface area (Å²) in [5.74, 6) is 1.07. The zero-order valence-corrected chi connectivity index (χ0v) is 19.3. The lowest BCUT2D eigenvalue weighted by Gasteiger charge is -2.12. The number of hydrogen-bond acceptors (Lipinski definition) is 8. The van der Waals surface area contributed by atoms with Crippen molar-refractivity contribution < 1.29 is 38.0 Å². The van der Waals surface area contributed by atoms with Crippen LogP contribution in [0.5, 0.6) is 17.2 Å². The van der Waals surface area contributed by atoms with Crippen LogP contribution in [0.2, 0.25) is 0 Å². The van der Waals surface area contributed by atoms with Gasteiger partial charge in [0.05, 0.1) is 26.4 Å². The lowest BCUT2D eigenvalue weighted by molar-refractivity contribution is -0.0118. The first-order valence-electron chi connectivity index (χ1n) is 10.8. The van der Waals surface area contributed by atoms with Gasteiger partial charge in [-0.1, -0.05) is 31.2 Å². The molecule has 0 amide bonds. The van der Waals surface area contributed by atoms with E-state index >= 15 is 0 Å². The maximum absolute atomic E-state index is 13.1. The molecule has 0 bridgehead atoms. The van der Waals surface area contributed by atoms with Crippen molar-refractivity contribution in [3.05, 3.63) is 58.8 Å². The van der Waals surface area contributed by atoms with Gasteiger partial charge in [-0.3, -0.25) is 4.79 Å². The predicted octanol–water partition coefficient (Wildman–Crippen LogP) is 3.86. The highest BCUT2D eigenvalue weighted by atomic mass is 16.7. The largest absolute Gasteiger partial charge is 0.467 e. The molecule has 0 N–H and O–H groups in total. The minimum absolute atomic E-state index is 0.0202. The van der Waals surface area contributed by atoms with Crippen molar-refractivity contribution in [1.82, 2.24) is 0 Å². The maximum Gasteiger partial charge on any atom is 0.235 e. The SMILES string of the molecule is CCc1ccc(/C=C2\Oc3cc(OCOCCOC)cc(OCOCCOC)c3C2=O)cc1. The quantitative estimate of drug-likeness (QED) is 0.240. The van der Waals surface area contributed by atoms with E-state index < -0.39 is 0 Å². The third kappa shape index (κ3) is 7.03. The van der Waals surface area contributed by atoms with E-state index in [9.17, 15) is 4.79 Å². The number of ether oxygens (including phenoxy) is 7. The van der Waals surface area contributed by atoms with Crippen LogP contribution in [0.4, 0.5) is 0 Å². The number of ketones is 1. The molecule has 0 unspecified atom stereocenters. The molecular formula is C25H30O8. The van der Waals surface area contributed by atoms with Gasteiger partial charge in [0.1, 0.15) is 22.8 Å². The van der Waals surface area contributed by atoms with Crippen molar-refractivity contribution in [2.45, 2.75) is 13.3 Å². The van der Waals surface area contributed by atoms with Gasteiger partial charge < -0.3 is 33.2 Å². The predicted molar refractivity (Wildman–Crippen MR) is 122 cm³/mol. The first-order chi connectivity index (χ1) is 16.2. The number of Topliss-reactive ketones (excluding diaryl/α,β-unsaturated/α-hetero) is 1. The van der Waals surface area contributed by atoms with Crippen LogP contribution in [0.25, 0.3) is 6.08 Å². The van der Waals surface area contributed by atoms with Gasteiger partial charge >= 0.3 is 0 Å². The molecule has 33 heavy (non-hydrogen) atoms. The summed E-state index contributed by atoms with van der Waals surface area (Å²) in [6.45, 7) is 3.74. The molecule has 0 aromatic heterocycles. The van der Waals surface area contributed by atoms with Gasteiger partial charge in [-0.05, 0) is 23.6 Å². The number of hydrogen-bond donors (Lipinski definition) is 0. The highest BCUT2D eigenvalue weighted by Gasteiger charge is 2.32. The summed E-state index contributed by atoms with van der Waals surface area (Å²) in [5, 5.41) is 0. The maximum atomic E-state index is 13.1. The van der Waals surface area contributed by atoms with Gasteiger partial charge in [0, 0.05) is 26.4 Å². The fourth-order valence-corrected chi connectivity index (χ4v) is 3.07. The molecule has 178 valence electrons. The monoisotopic (exact) mass is 458 g/mol. The number of aryl methyl sites for hydroxylation is 1. The third-order valence-electron chi connectivity index (χ3n) is 4.87. The smallest absolute Gasteiger partial charge is 0.235 e. The average molecular weight is 459 g/mol. The van der Waals surface area contributed by atoms with E-state index in [1.54, 1.807) is 32.4 Å². The molecule has 1 aliphatic rings. The van der Waals surface area contributed by atoms with Gasteiger partial charge in [0.2, 0.25) is 5.78 Å². The molecule has 0 radical (unpaired) electrons. The number of rotatable bonds is 14. The van der Waals surface area contributed by atoms with E-state index in [0.29, 0.717) is 49.2 Å². The van der Waals surface area contributed by atoms with Crippen LogP contribution in [0, 0.1) is 0 Å². The van der Waals surface area contributed by atoms with Gasteiger partial charge in [-0.25, -0.2) is 0 Å². The fraction of sp³-hybridized carbons (Fsp3) is 0.400. The highest BCUT2D eigenvalue weighted by Crippen LogP contribution is 2.41. The zero-order valence-electron chi connectivity index (χ0n) is 19.3. The minimum Gasteiger partial charge on any atom is -0.467 e. The lowest BCUT2D eigenvalue weighted by atomic mass is 10.1. The van der Waals surface area contributed by atoms with E-state index in [0.717, 1.165) is 12.0 Å². The molecule has 8 heteroatoms. The number of fused-ring (bicyclic) bond motifs is 1. The number of benzene rings is 2. The summed E-state index contributed by atoms with van der Waals surface area (Å²) in [5.41, 5.74) is 2.42. The van der Waals surface area contributed by atoms with Crippen molar-refractivity contribution in [1.29, 1.82) is 0 Å². The van der Waals surface area contributed by atoms with Crippen LogP contribution in [-0.4, -0.2) is 60.0 Å². The Balaban J connectivity index is 1.78. The third-order valence-corrected chi connectivity index (χ3v) is 4.87. The zero-order chi connectivity index (χ0) is 23.5. The van der Waals surface area contributed by atoms with E-state index in [-0.39, 0.29) is 25.1 Å². The van der Waals surface area contributed by atoms with E-state index in [1.165, 1.54) is 5.56 Å². The average Bonchev–Trinajstić information content (AvgIpc) is 3.14. The molecule has 0 aliphatic carbocycles. The molecule has 0 spiro atoms. The Hall–Kier alpha value is -2.91. The Labute approximate surface area is 193 Å². The van der Waals surface area contributed by atoms with Crippen molar-refractivity contribution in [3.8, 4) is 17.2 Å². The molecule has 0 saturated carbocycles. The van der Waals surface area contributed by atoms with Crippen LogP contribution in [0.15, 0.2) is 42.2 Å². The summed E-state index contributed by atoms with van der Waals surface area (Å²) in [6, 6.07) is 11.2. The molecule has 0 saturated heterocycles. The summed E-state index contributed by atoms with van der Waals surface area (Å²) in [6.07, 6.45) is 2.66. The van der Waals surface area contributed by atoms with E-state index in [1.807, 2.05) is 24.3 Å². The molecule has 2 aromatic rings. The number of carbonyl (C=O) groups excluding carboxylic acids is 1. The van der Waals surface area contributed by atoms with Crippen molar-refractivity contribution in [3.63, 3.8) is 0 Å². The Morgan fingerprint density at radius 2 is 1.55 bits per heavy atom. The molecule has 0 fully saturated rings. The van der Waals surface area contributed by atoms with Crippen LogP contribution in [-0.2, 0) is 25.4 Å². The van der Waals surface area contributed by atoms with Crippen molar-refractivity contribution in [2.75, 3.05) is 54.2 Å². The van der Waals surface area contributed by atoms with Gasteiger partial charge in [-0.2, -0.15) is 0 Å². The van der Waals surface area contributed by atoms with Crippen LogP contribution in [0.1, 0.15) is 28.4 Å². The normalized spacial score (nSPS) is 13.8. The van der Waals surface area contributed by atoms with Crippen molar-refractivity contribution >= 4 is 11.9 Å². The van der Waals surface area contributed by atoms with Gasteiger partial charge in [0.15, 0.2) is 19.3 Å². The molecule has 1 aliphatic heterocycles. The fourth-order valence-electron chi connectivity index (χ4n) is 3.07. The second kappa shape index (κ2) is 13.0. The number of carbonyl (C=O) groups is 1. The second-order valence-corrected chi connectivity index (χ2v) is 7.16. The standard InChI is InChI=1S/C25H30O8/c1-4-18-5-7-19(8-6-18)13-23-25(26)24-21(32-17-30-12-10-28-3)14-20(15-22(24)33-23)31-16-29-11-9-27-2/h5-8,13-15H,4,9-12,16-17H2,1-3H3/b23-13-. The highest BCUT2D eigenvalue weighted by molar-refractivity contribution is 6.16. The Morgan fingerprint density at radius 3 is 2.18 bits per heavy atom. The molecule has 2 aromatic carbocycles. The molecule has 8 nitrogen and oxygen atoms in total. The molecule has 1 heterocycles. The van der Waals surface area contributed by atoms with Gasteiger partial charge in [-0.15, -0.1) is 0 Å². The van der Waals surface area contributed by atoms with Crippen molar-refractivity contribution in [2.24, 2.45) is 0 Å². The van der Waals surface area contributed by atoms with Crippen LogP contribution >= 0.6 is 0 Å². The summed E-state index contributed by atoms with van der Waals surface area (Å²) < 4.78 is 37.9. The Kier molecular flexibility index (Phi) is 9.71. The van der Waals surface area contributed by atoms with Crippen LogP contribution in [0.3, 0.4) is 0 Å². The molecule has 0 atom stereocenters. The van der Waals surface area contributed by atoms with Gasteiger partial charge in [0.25, 0.3) is 0 Å². The molecule has 3 rings (SSSR count). The first-order valence-corrected chi connectivity index (χ1v) is 10.8. The first kappa shape index (κ1) is 24.7.